The number of nitrogens with zero attached hydrogens (tertiary/aromatic N) is 3. The predicted octanol–water partition coefficient (Wildman–Crippen LogP) is 2.67. The zero-order chi connectivity index (χ0) is 22.5. The van der Waals surface area contributed by atoms with E-state index in [1.54, 1.807) is 55.8 Å². The monoisotopic (exact) mass is 436 g/mol. The van der Waals surface area contributed by atoms with Gasteiger partial charge in [0.25, 0.3) is 5.91 Å². The van der Waals surface area contributed by atoms with Gasteiger partial charge < -0.3 is 24.2 Å². The van der Waals surface area contributed by atoms with Crippen LogP contribution in [0.1, 0.15) is 28.9 Å². The molecule has 0 spiro atoms. The number of methoxy groups -OCH3 is 2. The summed E-state index contributed by atoms with van der Waals surface area (Å²) in [7, 11) is 3.11. The number of carbonyl (C=O) groups is 2. The summed E-state index contributed by atoms with van der Waals surface area (Å²) in [4.78, 5) is 31.4. The van der Waals surface area contributed by atoms with Crippen molar-refractivity contribution >= 4 is 11.8 Å². The van der Waals surface area contributed by atoms with Gasteiger partial charge in [-0.05, 0) is 48.7 Å². The highest BCUT2D eigenvalue weighted by molar-refractivity contribution is 5.97. The molecule has 166 valence electrons. The third-order valence-electron chi connectivity index (χ3n) is 5.43. The lowest BCUT2D eigenvalue weighted by atomic mass is 10.1. The molecule has 1 aliphatic heterocycles. The molecule has 9 nitrogen and oxygen atoms in total. The van der Waals surface area contributed by atoms with Gasteiger partial charge in [0, 0.05) is 31.5 Å². The zero-order valence-corrected chi connectivity index (χ0v) is 17.9. The van der Waals surface area contributed by atoms with Gasteiger partial charge in [-0.1, -0.05) is 5.16 Å². The van der Waals surface area contributed by atoms with E-state index < -0.39 is 6.04 Å². The lowest BCUT2D eigenvalue weighted by molar-refractivity contribution is -0.125. The molecule has 2 amide bonds. The van der Waals surface area contributed by atoms with Crippen molar-refractivity contribution in [1.29, 1.82) is 0 Å². The van der Waals surface area contributed by atoms with Crippen LogP contribution in [0.2, 0.25) is 0 Å². The molecule has 32 heavy (non-hydrogen) atoms. The molecule has 0 bridgehead atoms. The normalized spacial score (nSPS) is 15.4. The topological polar surface area (TPSA) is 107 Å². The van der Waals surface area contributed by atoms with Gasteiger partial charge in [-0.3, -0.25) is 14.6 Å². The Bertz CT molecular complexity index is 1100. The van der Waals surface area contributed by atoms with E-state index in [0.29, 0.717) is 42.3 Å². The van der Waals surface area contributed by atoms with Crippen molar-refractivity contribution in [3.63, 3.8) is 0 Å². The Hall–Kier alpha value is -3.88. The summed E-state index contributed by atoms with van der Waals surface area (Å²) in [5.41, 5.74) is 1.70. The zero-order valence-electron chi connectivity index (χ0n) is 17.9. The summed E-state index contributed by atoms with van der Waals surface area (Å²) in [6, 6.07) is 9.95. The highest BCUT2D eigenvalue weighted by Gasteiger charge is 2.35. The van der Waals surface area contributed by atoms with Gasteiger partial charge in [-0.15, -0.1) is 0 Å². The maximum absolute atomic E-state index is 13.1. The minimum atomic E-state index is -0.546. The number of hydrogen-bond donors (Lipinski definition) is 1. The first-order valence-electron chi connectivity index (χ1n) is 10.3. The highest BCUT2D eigenvalue weighted by Crippen LogP contribution is 2.34. The third kappa shape index (κ3) is 4.41. The average Bonchev–Trinajstić information content (AvgIpc) is 3.52. The van der Waals surface area contributed by atoms with Crippen LogP contribution in [-0.4, -0.2) is 53.7 Å². The summed E-state index contributed by atoms with van der Waals surface area (Å²) in [5.74, 6) is 1.03. The Morgan fingerprint density at radius 2 is 1.97 bits per heavy atom. The number of likely N-dealkylation sites (tertiary alicyclic amines) is 1. The van der Waals surface area contributed by atoms with E-state index in [0.717, 1.165) is 12.0 Å². The number of ether oxygens (including phenoxy) is 2. The fraction of sp³-hybridized carbons (Fsp3) is 0.304. The summed E-state index contributed by atoms with van der Waals surface area (Å²) < 4.78 is 16.1. The lowest BCUT2D eigenvalue weighted by Gasteiger charge is -2.23. The minimum Gasteiger partial charge on any atom is -0.497 e. The maximum atomic E-state index is 13.1. The molecule has 0 saturated carbocycles. The molecule has 0 unspecified atom stereocenters. The van der Waals surface area contributed by atoms with E-state index >= 15 is 0 Å². The van der Waals surface area contributed by atoms with E-state index in [2.05, 4.69) is 15.5 Å². The van der Waals surface area contributed by atoms with E-state index in [-0.39, 0.29) is 17.5 Å². The Kier molecular flexibility index (Phi) is 6.34. The van der Waals surface area contributed by atoms with Gasteiger partial charge in [0.2, 0.25) is 5.91 Å². The van der Waals surface area contributed by atoms with Crippen LogP contribution in [0.15, 0.2) is 53.3 Å². The molecule has 1 N–H and O–H groups in total. The molecular weight excluding hydrogens is 412 g/mol. The van der Waals surface area contributed by atoms with E-state index in [1.165, 1.54) is 0 Å². The molecule has 4 rings (SSSR count). The molecule has 3 aromatic rings. The standard InChI is InChI=1S/C23H24N4O5/c1-30-16-5-6-20(31-2)17(12-16)21-13-18(26-32-21)23(29)27-11-3-4-19(27)22(28)25-14-15-7-9-24-10-8-15/h5-10,12-13,19H,3-4,11,14H2,1-2H3,(H,25,28)/t19-/m0/s1. The SMILES string of the molecule is COc1ccc(OC)c(-c2cc(C(=O)N3CCC[C@H]3C(=O)NCc3ccncc3)no2)c1. The second-order valence-electron chi connectivity index (χ2n) is 7.37. The van der Waals surface area contributed by atoms with Gasteiger partial charge in [-0.2, -0.15) is 0 Å². The number of amides is 2. The number of carbonyl (C=O) groups excluding carboxylic acids is 2. The van der Waals surface area contributed by atoms with Crippen LogP contribution in [0.3, 0.4) is 0 Å². The molecule has 1 atom stereocenters. The molecule has 9 heteroatoms. The van der Waals surface area contributed by atoms with Crippen molar-refractivity contribution in [1.82, 2.24) is 20.4 Å². The van der Waals surface area contributed by atoms with Crippen LogP contribution in [0.4, 0.5) is 0 Å². The van der Waals surface area contributed by atoms with Crippen molar-refractivity contribution in [2.75, 3.05) is 20.8 Å². The molecule has 3 heterocycles. The van der Waals surface area contributed by atoms with Gasteiger partial charge in [0.05, 0.1) is 19.8 Å². The molecule has 0 radical (unpaired) electrons. The number of nitrogens with one attached hydrogen (secondary N) is 1. The van der Waals surface area contributed by atoms with E-state index in [9.17, 15) is 9.59 Å². The minimum absolute atomic E-state index is 0.138. The molecule has 1 fully saturated rings. The first kappa shape index (κ1) is 21.4. The number of benzene rings is 1. The van der Waals surface area contributed by atoms with Crippen molar-refractivity contribution in [2.24, 2.45) is 0 Å². The predicted molar refractivity (Wildman–Crippen MR) is 115 cm³/mol. The highest BCUT2D eigenvalue weighted by atomic mass is 16.5. The second-order valence-corrected chi connectivity index (χ2v) is 7.37. The van der Waals surface area contributed by atoms with Crippen LogP contribution in [0.25, 0.3) is 11.3 Å². The average molecular weight is 436 g/mol. The van der Waals surface area contributed by atoms with Crippen LogP contribution in [0.5, 0.6) is 11.5 Å². The number of pyridine rings is 1. The van der Waals surface area contributed by atoms with Crippen LogP contribution in [0, 0.1) is 0 Å². The summed E-state index contributed by atoms with van der Waals surface area (Å²) in [5, 5.41) is 6.86. The van der Waals surface area contributed by atoms with Crippen molar-refractivity contribution in [3.05, 3.63) is 60.0 Å². The van der Waals surface area contributed by atoms with Crippen molar-refractivity contribution in [2.45, 2.75) is 25.4 Å². The first-order chi connectivity index (χ1) is 15.6. The fourth-order valence-corrected chi connectivity index (χ4v) is 3.75. The lowest BCUT2D eigenvalue weighted by Crippen LogP contribution is -2.45. The van der Waals surface area contributed by atoms with Crippen molar-refractivity contribution < 1.29 is 23.6 Å². The van der Waals surface area contributed by atoms with Crippen LogP contribution >= 0.6 is 0 Å². The Morgan fingerprint density at radius 1 is 1.16 bits per heavy atom. The van der Waals surface area contributed by atoms with E-state index in [4.69, 9.17) is 14.0 Å². The number of rotatable bonds is 7. The summed E-state index contributed by atoms with van der Waals surface area (Å²) in [6.45, 7) is 0.862. The van der Waals surface area contributed by atoms with Gasteiger partial charge >= 0.3 is 0 Å². The molecule has 1 aliphatic rings. The molecular formula is C23H24N4O5. The third-order valence-corrected chi connectivity index (χ3v) is 5.43. The Labute approximate surface area is 185 Å². The Morgan fingerprint density at radius 3 is 2.72 bits per heavy atom. The molecule has 2 aromatic heterocycles. The number of aromatic nitrogens is 2. The molecule has 1 aromatic carbocycles. The number of hydrogen-bond acceptors (Lipinski definition) is 7. The second kappa shape index (κ2) is 9.51. The van der Waals surface area contributed by atoms with Crippen LogP contribution in [-0.2, 0) is 11.3 Å². The van der Waals surface area contributed by atoms with Gasteiger partial charge in [-0.25, -0.2) is 0 Å². The maximum Gasteiger partial charge on any atom is 0.276 e. The van der Waals surface area contributed by atoms with E-state index in [1.807, 2.05) is 12.1 Å². The van der Waals surface area contributed by atoms with Crippen molar-refractivity contribution in [3.8, 4) is 22.8 Å². The first-order valence-corrected chi connectivity index (χ1v) is 10.3. The Balaban J connectivity index is 1.48. The quantitative estimate of drug-likeness (QED) is 0.607. The largest absolute Gasteiger partial charge is 0.497 e. The summed E-state index contributed by atoms with van der Waals surface area (Å²) >= 11 is 0. The van der Waals surface area contributed by atoms with Crippen LogP contribution < -0.4 is 14.8 Å². The smallest absolute Gasteiger partial charge is 0.276 e. The molecule has 0 aliphatic carbocycles. The summed E-state index contributed by atoms with van der Waals surface area (Å²) in [6.07, 6.45) is 4.69. The fourth-order valence-electron chi connectivity index (χ4n) is 3.75. The molecule has 1 saturated heterocycles. The van der Waals surface area contributed by atoms with Gasteiger partial charge in [0.1, 0.15) is 17.5 Å². The van der Waals surface area contributed by atoms with Gasteiger partial charge in [0.15, 0.2) is 11.5 Å².